The van der Waals surface area contributed by atoms with Crippen LogP contribution in [0.5, 0.6) is 0 Å². The molecule has 0 aromatic rings. The van der Waals surface area contributed by atoms with E-state index in [-0.39, 0.29) is 5.92 Å². The number of amides is 1. The van der Waals surface area contributed by atoms with E-state index in [9.17, 15) is 4.79 Å². The summed E-state index contributed by atoms with van der Waals surface area (Å²) in [6, 6.07) is 0.910. The molecule has 0 radical (unpaired) electrons. The summed E-state index contributed by atoms with van der Waals surface area (Å²) < 4.78 is 0. The van der Waals surface area contributed by atoms with Crippen molar-refractivity contribution in [1.82, 2.24) is 4.90 Å². The van der Waals surface area contributed by atoms with Crippen LogP contribution in [0.4, 0.5) is 0 Å². The van der Waals surface area contributed by atoms with Crippen molar-refractivity contribution in [3.63, 3.8) is 0 Å². The van der Waals surface area contributed by atoms with Crippen molar-refractivity contribution < 1.29 is 4.79 Å². The highest BCUT2D eigenvalue weighted by Crippen LogP contribution is 2.44. The topological polar surface area (TPSA) is 46.3 Å². The summed E-state index contributed by atoms with van der Waals surface area (Å²) in [5, 5.41) is 0.719. The lowest BCUT2D eigenvalue weighted by molar-refractivity contribution is -0.141. The molecule has 1 heterocycles. The second-order valence-electron chi connectivity index (χ2n) is 7.99. The molecule has 4 rings (SSSR count). The second kappa shape index (κ2) is 6.35. The third kappa shape index (κ3) is 2.71. The molecule has 4 fully saturated rings. The van der Waals surface area contributed by atoms with E-state index in [0.29, 0.717) is 29.8 Å². The number of hydrogen-bond acceptors (Lipinski definition) is 3. The summed E-state index contributed by atoms with van der Waals surface area (Å²) in [4.78, 5) is 15.5. The monoisotopic (exact) mass is 322 g/mol. The van der Waals surface area contributed by atoms with Gasteiger partial charge in [0.05, 0.1) is 0 Å². The van der Waals surface area contributed by atoms with Gasteiger partial charge in [0.15, 0.2) is 0 Å². The molecule has 22 heavy (non-hydrogen) atoms. The zero-order chi connectivity index (χ0) is 15.1. The summed E-state index contributed by atoms with van der Waals surface area (Å²) in [5.41, 5.74) is 6.40. The molecule has 0 aromatic heterocycles. The maximum atomic E-state index is 13.2. The van der Waals surface area contributed by atoms with E-state index in [1.807, 2.05) is 0 Å². The average molecular weight is 323 g/mol. The standard InChI is InChI=1S/C18H30N2OS/c19-17-12-4-3-5-13(17)11-14(10-12)18(21)20-8-9-22-16-7-2-1-6-15(16)20/h12-17H,1-11,19H2. The van der Waals surface area contributed by atoms with E-state index in [2.05, 4.69) is 16.7 Å². The van der Waals surface area contributed by atoms with Crippen LogP contribution in [0.3, 0.4) is 0 Å². The lowest BCUT2D eigenvalue weighted by Crippen LogP contribution is -2.55. The Bertz CT molecular complexity index is 413. The Hall–Kier alpha value is -0.220. The number of carbonyl (C=O) groups excluding carboxylic acids is 1. The van der Waals surface area contributed by atoms with Gasteiger partial charge in [-0.1, -0.05) is 19.3 Å². The molecule has 4 unspecified atom stereocenters. The molecule has 3 nitrogen and oxygen atoms in total. The number of hydrogen-bond donors (Lipinski definition) is 1. The van der Waals surface area contributed by atoms with Gasteiger partial charge in [-0.2, -0.15) is 11.8 Å². The smallest absolute Gasteiger partial charge is 0.226 e. The number of carbonyl (C=O) groups is 1. The van der Waals surface area contributed by atoms with Crippen molar-refractivity contribution in [3.05, 3.63) is 0 Å². The molecule has 1 amide bonds. The molecule has 4 heteroatoms. The molecule has 3 saturated carbocycles. The van der Waals surface area contributed by atoms with E-state index < -0.39 is 0 Å². The normalized spacial score (nSPS) is 45.2. The molecular formula is C18H30N2OS. The maximum Gasteiger partial charge on any atom is 0.226 e. The number of rotatable bonds is 1. The van der Waals surface area contributed by atoms with Gasteiger partial charge in [0.1, 0.15) is 0 Å². The Morgan fingerprint density at radius 3 is 2.50 bits per heavy atom. The van der Waals surface area contributed by atoms with Gasteiger partial charge in [-0.15, -0.1) is 0 Å². The molecule has 4 aliphatic rings. The van der Waals surface area contributed by atoms with E-state index in [1.165, 1.54) is 44.9 Å². The quantitative estimate of drug-likeness (QED) is 0.807. The predicted molar refractivity (Wildman–Crippen MR) is 91.7 cm³/mol. The van der Waals surface area contributed by atoms with Crippen LogP contribution in [0.1, 0.15) is 57.8 Å². The fraction of sp³-hybridized carbons (Fsp3) is 0.944. The Morgan fingerprint density at radius 2 is 1.73 bits per heavy atom. The summed E-state index contributed by atoms with van der Waals surface area (Å²) >= 11 is 2.12. The van der Waals surface area contributed by atoms with Crippen molar-refractivity contribution in [3.8, 4) is 0 Å². The van der Waals surface area contributed by atoms with Crippen LogP contribution in [-0.4, -0.2) is 40.4 Å². The van der Waals surface area contributed by atoms with Crippen LogP contribution in [0.15, 0.2) is 0 Å². The van der Waals surface area contributed by atoms with E-state index in [1.54, 1.807) is 0 Å². The van der Waals surface area contributed by atoms with Crippen LogP contribution < -0.4 is 5.73 Å². The molecule has 1 saturated heterocycles. The Balaban J connectivity index is 1.47. The zero-order valence-electron chi connectivity index (χ0n) is 13.6. The highest BCUT2D eigenvalue weighted by atomic mass is 32.2. The number of nitrogens with two attached hydrogens (primary N) is 1. The number of nitrogens with zero attached hydrogens (tertiary/aromatic N) is 1. The molecule has 2 N–H and O–H groups in total. The maximum absolute atomic E-state index is 13.2. The first-order valence-electron chi connectivity index (χ1n) is 9.41. The third-order valence-electron chi connectivity index (χ3n) is 6.78. The van der Waals surface area contributed by atoms with Gasteiger partial charge in [-0.3, -0.25) is 4.79 Å². The van der Waals surface area contributed by atoms with E-state index in [4.69, 9.17) is 5.73 Å². The minimum atomic E-state index is 0.278. The van der Waals surface area contributed by atoms with Gasteiger partial charge >= 0.3 is 0 Å². The summed E-state index contributed by atoms with van der Waals surface area (Å²) in [6.45, 7) is 0.989. The van der Waals surface area contributed by atoms with E-state index >= 15 is 0 Å². The van der Waals surface area contributed by atoms with Crippen molar-refractivity contribution in [2.45, 2.75) is 75.1 Å². The van der Waals surface area contributed by atoms with Crippen molar-refractivity contribution >= 4 is 17.7 Å². The molecule has 0 aromatic carbocycles. The lowest BCUT2D eigenvalue weighted by atomic mass is 9.64. The largest absolute Gasteiger partial charge is 0.338 e. The van der Waals surface area contributed by atoms with Gasteiger partial charge in [0.2, 0.25) is 5.91 Å². The first-order chi connectivity index (χ1) is 10.7. The van der Waals surface area contributed by atoms with Crippen LogP contribution in [-0.2, 0) is 4.79 Å². The molecule has 3 aliphatic carbocycles. The zero-order valence-corrected chi connectivity index (χ0v) is 14.4. The Kier molecular flexibility index (Phi) is 4.42. The third-order valence-corrected chi connectivity index (χ3v) is 8.17. The summed E-state index contributed by atoms with van der Waals surface area (Å²) in [5.74, 6) is 3.14. The molecule has 0 spiro atoms. The van der Waals surface area contributed by atoms with Gasteiger partial charge in [0, 0.05) is 35.5 Å². The first-order valence-corrected chi connectivity index (χ1v) is 10.5. The van der Waals surface area contributed by atoms with Crippen molar-refractivity contribution in [2.75, 3.05) is 12.3 Å². The Morgan fingerprint density at radius 1 is 1.00 bits per heavy atom. The predicted octanol–water partition coefficient (Wildman–Crippen LogP) is 3.03. The number of thioether (sulfide) groups is 1. The summed E-state index contributed by atoms with van der Waals surface area (Å²) in [6.07, 6.45) is 11.2. The lowest BCUT2D eigenvalue weighted by Gasteiger charge is -2.48. The second-order valence-corrected chi connectivity index (χ2v) is 9.34. The number of fused-ring (bicyclic) bond motifs is 3. The van der Waals surface area contributed by atoms with Gasteiger partial charge in [0.25, 0.3) is 0 Å². The fourth-order valence-corrected chi connectivity index (χ4v) is 7.04. The van der Waals surface area contributed by atoms with Crippen molar-refractivity contribution in [2.24, 2.45) is 23.5 Å². The minimum absolute atomic E-state index is 0.278. The highest BCUT2D eigenvalue weighted by Gasteiger charge is 2.44. The summed E-state index contributed by atoms with van der Waals surface area (Å²) in [7, 11) is 0. The minimum Gasteiger partial charge on any atom is -0.338 e. The Labute approximate surface area is 138 Å². The average Bonchev–Trinajstić information content (AvgIpc) is 2.53. The SMILES string of the molecule is NC1C2CCCC1CC(C(=O)N1CCSC3CCCCC31)C2. The van der Waals surface area contributed by atoms with Crippen LogP contribution in [0.25, 0.3) is 0 Å². The van der Waals surface area contributed by atoms with E-state index in [0.717, 1.165) is 30.4 Å². The molecular weight excluding hydrogens is 292 g/mol. The van der Waals surface area contributed by atoms with Gasteiger partial charge in [-0.05, 0) is 50.4 Å². The molecule has 124 valence electrons. The van der Waals surface area contributed by atoms with Crippen LogP contribution >= 0.6 is 11.8 Å². The first kappa shape index (κ1) is 15.3. The van der Waals surface area contributed by atoms with Crippen molar-refractivity contribution in [1.29, 1.82) is 0 Å². The van der Waals surface area contributed by atoms with Gasteiger partial charge in [-0.25, -0.2) is 0 Å². The molecule has 2 bridgehead atoms. The fourth-order valence-electron chi connectivity index (χ4n) is 5.60. The van der Waals surface area contributed by atoms with Gasteiger partial charge < -0.3 is 10.6 Å². The van der Waals surface area contributed by atoms with Crippen LogP contribution in [0, 0.1) is 17.8 Å². The molecule has 1 aliphatic heterocycles. The van der Waals surface area contributed by atoms with Crippen LogP contribution in [0.2, 0.25) is 0 Å². The highest BCUT2D eigenvalue weighted by molar-refractivity contribution is 8.00. The molecule has 4 atom stereocenters.